The van der Waals surface area contributed by atoms with Gasteiger partial charge in [0, 0.05) is 72.9 Å². The molecule has 0 aromatic heterocycles. The fourth-order valence-electron chi connectivity index (χ4n) is 2.98. The number of hydrogen-bond donors (Lipinski definition) is 2. The minimum Gasteiger partial charge on any atom is -0.369 e. The van der Waals surface area contributed by atoms with E-state index in [1.807, 2.05) is 4.90 Å². The number of carbonyl (C=O) groups excluding carboxylic acids is 1. The summed E-state index contributed by atoms with van der Waals surface area (Å²) in [5.74, 6) is -6.12. The van der Waals surface area contributed by atoms with Gasteiger partial charge in [0.1, 0.15) is 2.58 Å². The molecule has 32 heavy (non-hydrogen) atoms. The van der Waals surface area contributed by atoms with E-state index >= 15 is 0 Å². The molecule has 9 heteroatoms. The number of anilines is 2. The second-order valence-corrected chi connectivity index (χ2v) is 8.05. The minimum absolute atomic E-state index is 0.0401. The van der Waals surface area contributed by atoms with Crippen LogP contribution in [0, 0.1) is 5.89 Å². The number of amides is 1. The van der Waals surface area contributed by atoms with Crippen molar-refractivity contribution in [2.45, 2.75) is 51.6 Å². The highest BCUT2D eigenvalue weighted by Gasteiger charge is 2.21. The van der Waals surface area contributed by atoms with Crippen molar-refractivity contribution in [2.75, 3.05) is 55.2 Å². The predicted octanol–water partition coefficient (Wildman–Crippen LogP) is 3.47. The van der Waals surface area contributed by atoms with Crippen LogP contribution in [0.5, 0.6) is 0 Å². The quantitative estimate of drug-likeness (QED) is 0.473. The van der Waals surface area contributed by atoms with Crippen molar-refractivity contribution in [3.05, 3.63) is 24.2 Å². The van der Waals surface area contributed by atoms with Gasteiger partial charge >= 0.3 is 0 Å². The number of nitrogens with zero attached hydrogens (tertiary/aromatic N) is 2. The zero-order valence-corrected chi connectivity index (χ0v) is 18.6. The van der Waals surface area contributed by atoms with Crippen molar-refractivity contribution in [1.82, 2.24) is 9.62 Å². The van der Waals surface area contributed by atoms with Crippen LogP contribution in [0.25, 0.3) is 0 Å². The van der Waals surface area contributed by atoms with E-state index in [9.17, 15) is 13.2 Å². The Morgan fingerprint density at radius 3 is 2.78 bits per heavy atom. The summed E-state index contributed by atoms with van der Waals surface area (Å²) in [6.07, 6.45) is -20.8. The molecule has 0 unspecified atom stereocenters. The number of rotatable bonds is 10. The number of carbonyl (C=O) groups is 1. The average molecular weight is 509 g/mol. The van der Waals surface area contributed by atoms with Gasteiger partial charge in [-0.3, -0.25) is 9.69 Å². The van der Waals surface area contributed by atoms with Crippen molar-refractivity contribution in [1.29, 1.82) is 1.17 Å². The standard InChI is InChI=1S/C23H38N4O3S.ClH/c1-20(28)25-22-10-7-11-23(18-22)27-16-14-26(15-17-27)13-6-5-12-24-31(29,30)19-21-8-3-2-4-9-21;/h7,10-11,18,21,24H,2-6,8-9,12-17,19H2,1H3,(H,25,28);1H/i1D3,2D2,3D2,4D2,8D2,9D2,10D,11D,18D,19D2,21D;/hD3. The predicted molar refractivity (Wildman–Crippen MR) is 134 cm³/mol. The molecule has 2 aliphatic rings. The normalized spacial score (nSPS) is 37.9. The Kier molecular flexibility index (Phi) is 3.91. The fraction of sp³-hybridized carbons (Fsp3) is 0.696. The Morgan fingerprint density at radius 1 is 1.31 bits per heavy atom. The number of benzene rings is 1. The van der Waals surface area contributed by atoms with Crippen LogP contribution in [0.15, 0.2) is 24.2 Å². The maximum Gasteiger partial charge on any atom is 0.221 e. The molecule has 0 radical (unpaired) electrons. The molecule has 1 heterocycles. The summed E-state index contributed by atoms with van der Waals surface area (Å²) < 4.78 is 200. The Bertz CT molecular complexity index is 1620. The highest BCUT2D eigenvalue weighted by Crippen LogP contribution is 2.24. The zero-order chi connectivity index (χ0) is 42.6. The molecule has 2 fully saturated rings. The summed E-state index contributed by atoms with van der Waals surface area (Å²) in [6, 6.07) is -0.420. The van der Waals surface area contributed by atoms with Crippen LogP contribution in [-0.4, -0.2) is 65.4 Å². The first-order chi connectivity index (χ1) is 24.1. The lowest BCUT2D eigenvalue weighted by Gasteiger charge is -2.36. The highest BCUT2D eigenvalue weighted by molar-refractivity contribution is 7.89. The van der Waals surface area contributed by atoms with Crippen molar-refractivity contribution >= 4 is 39.6 Å². The molecule has 1 aromatic rings. The summed E-state index contributed by atoms with van der Waals surface area (Å²) in [7, 11) is -5.88. The van der Waals surface area contributed by atoms with Crippen LogP contribution in [0.4, 0.5) is 11.4 Å². The van der Waals surface area contributed by atoms with Crippen LogP contribution in [0.2, 0.25) is 2.82 Å². The van der Waals surface area contributed by atoms with E-state index in [1.54, 1.807) is 4.90 Å². The molecule has 1 aromatic carbocycles. The van der Waals surface area contributed by atoms with E-state index in [-0.39, 0.29) is 54.2 Å². The van der Waals surface area contributed by atoms with Crippen LogP contribution < -0.4 is 14.9 Å². The number of sulfonamides is 1. The van der Waals surface area contributed by atoms with E-state index in [2.05, 4.69) is 12.3 Å². The van der Waals surface area contributed by atoms with E-state index < -0.39 is 90.6 Å². The lowest BCUT2D eigenvalue weighted by molar-refractivity contribution is -0.114. The van der Waals surface area contributed by atoms with Gasteiger partial charge in [-0.1, -0.05) is 25.2 Å². The second kappa shape index (κ2) is 13.4. The number of unbranched alkanes of at least 4 members (excludes halogenated alkanes) is 1. The van der Waals surface area contributed by atoms with Gasteiger partial charge < -0.3 is 10.2 Å². The molecule has 182 valence electrons. The SMILES string of the molecule is [2H]Cl.[2H]c1cc([2H])c(N([2H])C(=O)C([2H])([2H])[2H])c([2H])c1N1CCN(CCCCN([2H])S(=O)(=O)C([2H])([2H])C2([2H])C([2H])([2H])C([2H])([2H])C([2H])([2H])C([2H])([2H])C2([2H])[2H])CC1. The molecule has 1 aliphatic carbocycles. The Balaban J connectivity index is 0.00000495. The molecule has 2 N–H and O–H groups in total. The molecule has 0 spiro atoms. The smallest absolute Gasteiger partial charge is 0.221 e. The number of hydrogen-bond acceptors (Lipinski definition) is 5. The fourth-order valence-corrected chi connectivity index (χ4v) is 3.77. The van der Waals surface area contributed by atoms with E-state index in [4.69, 9.17) is 30.0 Å². The average Bonchev–Trinajstić information content (AvgIpc) is 3.05. The summed E-state index contributed by atoms with van der Waals surface area (Å²) in [5.41, 5.74) is -5.16. The molecule has 1 saturated heterocycles. The summed E-state index contributed by atoms with van der Waals surface area (Å²) >= 11 is 3.89. The van der Waals surface area contributed by atoms with Gasteiger partial charge in [0.05, 0.1) is 9.82 Å². The Hall–Kier alpha value is -1.35. The second-order valence-electron chi connectivity index (χ2n) is 6.64. The van der Waals surface area contributed by atoms with Crippen molar-refractivity contribution in [2.24, 2.45) is 5.89 Å². The summed E-state index contributed by atoms with van der Waals surface area (Å²) in [4.78, 5) is 15.6. The number of halogens is 1. The van der Waals surface area contributed by atoms with Crippen LogP contribution in [0.1, 0.15) is 77.6 Å². The Labute approximate surface area is 230 Å². The minimum atomic E-state index is -5.88. The van der Waals surface area contributed by atoms with E-state index in [0.717, 1.165) is 6.07 Å². The maximum absolute atomic E-state index is 13.4. The van der Waals surface area contributed by atoms with Crippen molar-refractivity contribution in [3.8, 4) is 0 Å². The highest BCUT2D eigenvalue weighted by atomic mass is 35.5. The topological polar surface area (TPSA) is 81.8 Å². The molecule has 1 aliphatic heterocycles. The molecule has 1 saturated carbocycles. The van der Waals surface area contributed by atoms with Gasteiger partial charge in [-0.25, -0.2) is 13.1 Å². The number of piperazine rings is 1. The summed E-state index contributed by atoms with van der Waals surface area (Å²) in [6.45, 7) is -2.74. The molecule has 0 bridgehead atoms. The van der Waals surface area contributed by atoms with Crippen molar-refractivity contribution in [3.63, 3.8) is 0 Å². The van der Waals surface area contributed by atoms with Gasteiger partial charge in [0.25, 0.3) is 0 Å². The van der Waals surface area contributed by atoms with Gasteiger partial charge in [-0.05, 0) is 56.2 Å². The zero-order valence-electron chi connectivity index (χ0n) is 39.0. The molecule has 0 atom stereocenters. The van der Waals surface area contributed by atoms with Crippen LogP contribution in [-0.2, 0) is 14.8 Å². The van der Waals surface area contributed by atoms with Gasteiger partial charge in [-0.15, -0.1) is 12.3 Å². The molecule has 7 nitrogen and oxygen atoms in total. The first-order valence-corrected chi connectivity index (χ1v) is 11.0. The lowest BCUT2D eigenvalue weighted by atomic mass is 9.91. The largest absolute Gasteiger partial charge is 0.369 e. The van der Waals surface area contributed by atoms with Gasteiger partial charge in [0.15, 0.2) is 1.41 Å². The first kappa shape index (κ1) is 9.36. The third-order valence-corrected chi connectivity index (χ3v) is 5.42. The van der Waals surface area contributed by atoms with E-state index in [1.165, 1.54) is 0 Å². The van der Waals surface area contributed by atoms with Gasteiger partial charge in [-0.2, -0.15) is 0 Å². The third kappa shape index (κ3) is 9.25. The van der Waals surface area contributed by atoms with Crippen molar-refractivity contribution < 1.29 is 42.1 Å². The number of nitrogens with one attached hydrogen (secondary N) is 2. The molecular formula is C23H39ClN4O3S. The maximum atomic E-state index is 13.4. The molecule has 3 rings (SSSR count). The van der Waals surface area contributed by atoms with Crippen LogP contribution >= 0.6 is 12.3 Å². The summed E-state index contributed by atoms with van der Waals surface area (Å²) in [5, 5.41) is -0.0563. The lowest BCUT2D eigenvalue weighted by Crippen LogP contribution is -2.46. The Morgan fingerprint density at radius 2 is 2.06 bits per heavy atom. The molecular weight excluding hydrogens is 448 g/mol. The van der Waals surface area contributed by atoms with Crippen LogP contribution in [0.3, 0.4) is 0 Å². The van der Waals surface area contributed by atoms with Gasteiger partial charge in [0.2, 0.25) is 15.9 Å². The first-order valence-electron chi connectivity index (χ1n) is 20.3. The monoisotopic (exact) mass is 508 g/mol. The molecule has 1 amide bonds. The third-order valence-electron chi connectivity index (χ3n) is 4.43. The van der Waals surface area contributed by atoms with E-state index in [0.29, 0.717) is 13.1 Å².